The predicted octanol–water partition coefficient (Wildman–Crippen LogP) is 2.82. The van der Waals surface area contributed by atoms with E-state index in [2.05, 4.69) is 50.5 Å². The number of ether oxygens (including phenoxy) is 1. The number of nitrogens with one attached hydrogen (secondary N) is 1. The Morgan fingerprint density at radius 3 is 2.35 bits per heavy atom. The van der Waals surface area contributed by atoms with Crippen molar-refractivity contribution in [3.63, 3.8) is 0 Å². The van der Waals surface area contributed by atoms with Crippen LogP contribution in [0.1, 0.15) is 12.5 Å². The van der Waals surface area contributed by atoms with Crippen molar-refractivity contribution in [3.8, 4) is 5.75 Å². The molecule has 0 spiro atoms. The van der Waals surface area contributed by atoms with Gasteiger partial charge < -0.3 is 10.1 Å². The normalized spacial score (nSPS) is 16.8. The van der Waals surface area contributed by atoms with Gasteiger partial charge in [-0.15, -0.1) is 0 Å². The van der Waals surface area contributed by atoms with Crippen molar-refractivity contribution >= 4 is 63.2 Å². The van der Waals surface area contributed by atoms with Crippen LogP contribution in [0, 0.1) is 7.14 Å². The first-order valence-electron chi connectivity index (χ1n) is 5.85. The van der Waals surface area contributed by atoms with Crippen molar-refractivity contribution in [1.82, 2.24) is 10.2 Å². The number of methoxy groups -OCH3 is 1. The molecule has 7 heteroatoms. The molecular formula is C13H12I2N2O3. The third kappa shape index (κ3) is 2.92. The second kappa shape index (κ2) is 6.29. The third-order valence-corrected chi connectivity index (χ3v) is 4.42. The molecule has 0 atom stereocenters. The Balaban J connectivity index is 2.37. The van der Waals surface area contributed by atoms with E-state index in [1.165, 1.54) is 4.90 Å². The molecule has 0 saturated carbocycles. The van der Waals surface area contributed by atoms with Crippen molar-refractivity contribution in [3.05, 3.63) is 30.5 Å². The lowest BCUT2D eigenvalue weighted by atomic mass is 10.2. The molecule has 1 aromatic carbocycles. The number of hydrogen-bond donors (Lipinski definition) is 1. The zero-order valence-corrected chi connectivity index (χ0v) is 15.2. The summed E-state index contributed by atoms with van der Waals surface area (Å²) < 4.78 is 7.20. The summed E-state index contributed by atoms with van der Waals surface area (Å²) in [6.45, 7) is 2.12. The molecule has 1 aromatic rings. The smallest absolute Gasteiger partial charge is 0.328 e. The van der Waals surface area contributed by atoms with Gasteiger partial charge in [-0.3, -0.25) is 9.69 Å². The second-order valence-electron chi connectivity index (χ2n) is 4.06. The lowest BCUT2D eigenvalue weighted by molar-refractivity contribution is -0.122. The Morgan fingerprint density at radius 1 is 1.30 bits per heavy atom. The van der Waals surface area contributed by atoms with Gasteiger partial charge in [-0.1, -0.05) is 0 Å². The summed E-state index contributed by atoms with van der Waals surface area (Å²) in [4.78, 5) is 24.7. The maximum atomic E-state index is 12.0. The molecule has 1 N–H and O–H groups in total. The number of rotatable bonds is 3. The van der Waals surface area contributed by atoms with Crippen LogP contribution in [0.2, 0.25) is 0 Å². The summed E-state index contributed by atoms with van der Waals surface area (Å²) in [5.41, 5.74) is 1.15. The molecule has 0 unspecified atom stereocenters. The van der Waals surface area contributed by atoms with Gasteiger partial charge in [0.1, 0.15) is 11.4 Å². The molecule has 0 bridgehead atoms. The number of urea groups is 1. The summed E-state index contributed by atoms with van der Waals surface area (Å²) in [7, 11) is 1.62. The lowest BCUT2D eigenvalue weighted by Gasteiger charge is -2.08. The van der Waals surface area contributed by atoms with Crippen LogP contribution in [-0.4, -0.2) is 30.5 Å². The zero-order valence-electron chi connectivity index (χ0n) is 10.9. The minimum absolute atomic E-state index is 0.293. The second-order valence-corrected chi connectivity index (χ2v) is 6.38. The largest absolute Gasteiger partial charge is 0.495 e. The number of benzene rings is 1. The van der Waals surface area contributed by atoms with E-state index >= 15 is 0 Å². The Kier molecular flexibility index (Phi) is 4.89. The van der Waals surface area contributed by atoms with Crippen LogP contribution in [0.4, 0.5) is 4.79 Å². The third-order valence-electron chi connectivity index (χ3n) is 2.81. The number of imide groups is 1. The zero-order chi connectivity index (χ0) is 14.9. The van der Waals surface area contributed by atoms with Gasteiger partial charge in [-0.25, -0.2) is 4.79 Å². The highest BCUT2D eigenvalue weighted by molar-refractivity contribution is 14.1. The number of amides is 3. The monoisotopic (exact) mass is 498 g/mol. The Bertz CT molecular complexity index is 591. The molecule has 1 aliphatic rings. The maximum absolute atomic E-state index is 12.0. The van der Waals surface area contributed by atoms with E-state index in [-0.39, 0.29) is 11.9 Å². The number of nitrogens with zero attached hydrogens (tertiary/aromatic N) is 1. The standard InChI is InChI=1S/C13H12I2N2O3/c1-3-17-12(18)10(16-13(17)19)6-7-4-8(14)11(20-2)9(15)5-7/h4-6H,3H2,1-2H3,(H,16,19)/b10-6+. The number of halogens is 2. The van der Waals surface area contributed by atoms with Gasteiger partial charge in [0.2, 0.25) is 0 Å². The molecule has 106 valence electrons. The highest BCUT2D eigenvalue weighted by Crippen LogP contribution is 2.29. The minimum atomic E-state index is -0.373. The fraction of sp³-hybridized carbons (Fsp3) is 0.231. The van der Waals surface area contributed by atoms with Crippen LogP contribution in [0.25, 0.3) is 6.08 Å². The fourth-order valence-corrected chi connectivity index (χ4v) is 4.14. The maximum Gasteiger partial charge on any atom is 0.328 e. The molecule has 1 heterocycles. The number of carbonyl (C=O) groups is 2. The first-order valence-corrected chi connectivity index (χ1v) is 8.01. The molecule has 5 nitrogen and oxygen atoms in total. The quantitative estimate of drug-likeness (QED) is 0.397. The van der Waals surface area contributed by atoms with Gasteiger partial charge in [0, 0.05) is 6.54 Å². The van der Waals surface area contributed by atoms with Crippen molar-refractivity contribution in [2.24, 2.45) is 0 Å². The van der Waals surface area contributed by atoms with Gasteiger partial charge >= 0.3 is 6.03 Å². The first kappa shape index (κ1) is 15.5. The lowest BCUT2D eigenvalue weighted by Crippen LogP contribution is -2.30. The van der Waals surface area contributed by atoms with Gasteiger partial charge in [0.25, 0.3) is 5.91 Å². The molecule has 0 aromatic heterocycles. The Hall–Kier alpha value is -0.840. The van der Waals surface area contributed by atoms with Crippen LogP contribution in [-0.2, 0) is 4.79 Å². The van der Waals surface area contributed by atoms with Crippen molar-refractivity contribution in [2.45, 2.75) is 6.92 Å². The van der Waals surface area contributed by atoms with Crippen LogP contribution in [0.5, 0.6) is 5.75 Å². The molecule has 1 fully saturated rings. The van der Waals surface area contributed by atoms with Crippen molar-refractivity contribution in [1.29, 1.82) is 0 Å². The number of hydrogen-bond acceptors (Lipinski definition) is 3. The molecular weight excluding hydrogens is 486 g/mol. The van der Waals surface area contributed by atoms with E-state index < -0.39 is 0 Å². The highest BCUT2D eigenvalue weighted by atomic mass is 127. The van der Waals surface area contributed by atoms with Gasteiger partial charge in [-0.2, -0.15) is 0 Å². The topological polar surface area (TPSA) is 58.6 Å². The van der Waals surface area contributed by atoms with Crippen LogP contribution >= 0.6 is 45.2 Å². The molecule has 0 aliphatic carbocycles. The average molecular weight is 498 g/mol. The summed E-state index contributed by atoms with van der Waals surface area (Å²) in [6.07, 6.45) is 1.68. The minimum Gasteiger partial charge on any atom is -0.495 e. The van der Waals surface area contributed by atoms with E-state index in [1.807, 2.05) is 12.1 Å². The van der Waals surface area contributed by atoms with E-state index in [9.17, 15) is 9.59 Å². The molecule has 0 radical (unpaired) electrons. The SMILES string of the molecule is CCN1C(=O)N/C(=C/c2cc(I)c(OC)c(I)c2)C1=O. The molecule has 1 aliphatic heterocycles. The number of likely N-dealkylation sites (N-methyl/N-ethyl adjacent to an activating group) is 1. The summed E-state index contributed by atoms with van der Waals surface area (Å²) in [5.74, 6) is 0.517. The Labute approximate surface area is 144 Å². The van der Waals surface area contributed by atoms with E-state index in [1.54, 1.807) is 20.1 Å². The van der Waals surface area contributed by atoms with Crippen LogP contribution < -0.4 is 10.1 Å². The van der Waals surface area contributed by atoms with Gasteiger partial charge in [0.05, 0.1) is 14.3 Å². The number of carbonyl (C=O) groups excluding carboxylic acids is 2. The van der Waals surface area contributed by atoms with Gasteiger partial charge in [-0.05, 0) is 75.9 Å². The Morgan fingerprint density at radius 2 is 1.90 bits per heavy atom. The van der Waals surface area contributed by atoms with Crippen LogP contribution in [0.15, 0.2) is 17.8 Å². The molecule has 1 saturated heterocycles. The summed E-state index contributed by atoms with van der Waals surface area (Å²) >= 11 is 4.35. The van der Waals surface area contributed by atoms with E-state index in [0.29, 0.717) is 12.2 Å². The molecule has 3 amide bonds. The fourth-order valence-electron chi connectivity index (χ4n) is 1.88. The molecule has 20 heavy (non-hydrogen) atoms. The summed E-state index contributed by atoms with van der Waals surface area (Å²) in [5, 5.41) is 2.58. The summed E-state index contributed by atoms with van der Waals surface area (Å²) in [6, 6.07) is 3.44. The van der Waals surface area contributed by atoms with Crippen molar-refractivity contribution < 1.29 is 14.3 Å². The average Bonchev–Trinajstić information content (AvgIpc) is 2.63. The molecule has 2 rings (SSSR count). The van der Waals surface area contributed by atoms with Crippen molar-refractivity contribution in [2.75, 3.05) is 13.7 Å². The predicted molar refractivity (Wildman–Crippen MR) is 92.3 cm³/mol. The van der Waals surface area contributed by atoms with Crippen LogP contribution in [0.3, 0.4) is 0 Å². The highest BCUT2D eigenvalue weighted by Gasteiger charge is 2.32. The van der Waals surface area contributed by atoms with Gasteiger partial charge in [0.15, 0.2) is 0 Å². The van der Waals surface area contributed by atoms with E-state index in [4.69, 9.17) is 4.74 Å². The first-order chi connectivity index (χ1) is 9.47. The van der Waals surface area contributed by atoms with E-state index in [0.717, 1.165) is 18.5 Å².